The van der Waals surface area contributed by atoms with Crippen LogP contribution in [0.4, 0.5) is 0 Å². The number of carbonyl (C=O) groups excluding carboxylic acids is 1. The van der Waals surface area contributed by atoms with E-state index in [0.29, 0.717) is 36.1 Å². The summed E-state index contributed by atoms with van der Waals surface area (Å²) in [5.74, 6) is 2.13. The van der Waals surface area contributed by atoms with Gasteiger partial charge in [-0.15, -0.1) is 24.0 Å². The van der Waals surface area contributed by atoms with Crippen LogP contribution in [-0.4, -0.2) is 58.7 Å². The molecule has 176 valence electrons. The van der Waals surface area contributed by atoms with E-state index in [1.807, 2.05) is 36.4 Å². The van der Waals surface area contributed by atoms with Crippen molar-refractivity contribution in [3.63, 3.8) is 0 Å². The van der Waals surface area contributed by atoms with Crippen molar-refractivity contribution in [3.8, 4) is 11.5 Å². The van der Waals surface area contributed by atoms with E-state index in [-0.39, 0.29) is 35.3 Å². The molecular formula is C24H35IN4O3. The van der Waals surface area contributed by atoms with Gasteiger partial charge in [-0.25, -0.2) is 0 Å². The standard InChI is InChI=1S/C24H34N4O3.HI/c1-24(2,19-12-13-20(30-6)21(14-19)31-7)16-27-23(25-3)26-15-17-8-10-18(11-9-17)22(29)28(4)5;/h8-14H,15-16H2,1-7H3,(H2,25,26,27);1H. The Hall–Kier alpha value is -2.49. The van der Waals surface area contributed by atoms with Crippen LogP contribution in [-0.2, 0) is 12.0 Å². The number of ether oxygens (including phenoxy) is 2. The molecule has 0 unspecified atom stereocenters. The molecule has 0 spiro atoms. The smallest absolute Gasteiger partial charge is 0.253 e. The van der Waals surface area contributed by atoms with Crippen LogP contribution in [0.2, 0.25) is 0 Å². The highest BCUT2D eigenvalue weighted by Crippen LogP contribution is 2.32. The lowest BCUT2D eigenvalue weighted by atomic mass is 9.84. The zero-order chi connectivity index (χ0) is 23.0. The van der Waals surface area contributed by atoms with Gasteiger partial charge < -0.3 is 25.0 Å². The van der Waals surface area contributed by atoms with E-state index in [9.17, 15) is 4.79 Å². The van der Waals surface area contributed by atoms with Crippen molar-refractivity contribution >= 4 is 35.8 Å². The van der Waals surface area contributed by atoms with Gasteiger partial charge in [-0.2, -0.15) is 0 Å². The van der Waals surface area contributed by atoms with Crippen molar-refractivity contribution in [1.82, 2.24) is 15.5 Å². The summed E-state index contributed by atoms with van der Waals surface area (Å²) in [6.45, 7) is 5.61. The Morgan fingerprint density at radius 1 is 1.00 bits per heavy atom. The Balaban J connectivity index is 0.00000512. The van der Waals surface area contributed by atoms with E-state index in [1.165, 1.54) is 0 Å². The van der Waals surface area contributed by atoms with Crippen LogP contribution in [0.15, 0.2) is 47.5 Å². The summed E-state index contributed by atoms with van der Waals surface area (Å²) in [5.41, 5.74) is 2.71. The number of nitrogens with one attached hydrogen (secondary N) is 2. The van der Waals surface area contributed by atoms with Gasteiger partial charge in [-0.05, 0) is 35.4 Å². The summed E-state index contributed by atoms with van der Waals surface area (Å²) in [4.78, 5) is 17.9. The number of benzene rings is 2. The van der Waals surface area contributed by atoms with Crippen LogP contribution in [0.5, 0.6) is 11.5 Å². The number of methoxy groups -OCH3 is 2. The third kappa shape index (κ3) is 7.29. The summed E-state index contributed by atoms with van der Waals surface area (Å²) in [6, 6.07) is 13.6. The first kappa shape index (κ1) is 27.5. The van der Waals surface area contributed by atoms with Crippen molar-refractivity contribution in [2.24, 2.45) is 4.99 Å². The fourth-order valence-electron chi connectivity index (χ4n) is 3.09. The van der Waals surface area contributed by atoms with Crippen LogP contribution in [0.3, 0.4) is 0 Å². The van der Waals surface area contributed by atoms with Gasteiger partial charge in [-0.1, -0.05) is 32.0 Å². The number of aliphatic imine (C=N–C) groups is 1. The zero-order valence-electron chi connectivity index (χ0n) is 20.0. The molecule has 1 amide bonds. The highest BCUT2D eigenvalue weighted by atomic mass is 127. The second-order valence-electron chi connectivity index (χ2n) is 8.13. The van der Waals surface area contributed by atoms with Gasteiger partial charge in [-0.3, -0.25) is 9.79 Å². The second kappa shape index (κ2) is 12.5. The summed E-state index contributed by atoms with van der Waals surface area (Å²) >= 11 is 0. The molecule has 0 aliphatic heterocycles. The van der Waals surface area contributed by atoms with Crippen molar-refractivity contribution in [3.05, 3.63) is 59.2 Å². The van der Waals surface area contributed by atoms with E-state index in [2.05, 4.69) is 35.5 Å². The lowest BCUT2D eigenvalue weighted by Crippen LogP contribution is -2.43. The number of hydrogen-bond acceptors (Lipinski definition) is 4. The summed E-state index contributed by atoms with van der Waals surface area (Å²) in [6.07, 6.45) is 0. The average Bonchev–Trinajstić information content (AvgIpc) is 2.78. The van der Waals surface area contributed by atoms with Crippen LogP contribution in [0, 0.1) is 0 Å². The molecule has 0 aliphatic carbocycles. The molecule has 0 aliphatic rings. The number of amides is 1. The van der Waals surface area contributed by atoms with E-state index in [4.69, 9.17) is 9.47 Å². The van der Waals surface area contributed by atoms with Gasteiger partial charge in [0, 0.05) is 45.2 Å². The number of rotatable bonds is 8. The molecular weight excluding hydrogens is 519 g/mol. The molecule has 0 radical (unpaired) electrons. The van der Waals surface area contributed by atoms with Crippen LogP contribution in [0.25, 0.3) is 0 Å². The summed E-state index contributed by atoms with van der Waals surface area (Å²) in [5, 5.41) is 6.72. The van der Waals surface area contributed by atoms with Gasteiger partial charge in [0.25, 0.3) is 5.91 Å². The molecule has 0 saturated carbocycles. The van der Waals surface area contributed by atoms with Gasteiger partial charge in [0.2, 0.25) is 0 Å². The van der Waals surface area contributed by atoms with Gasteiger partial charge in [0.15, 0.2) is 17.5 Å². The van der Waals surface area contributed by atoms with Gasteiger partial charge in [0.05, 0.1) is 14.2 Å². The maximum absolute atomic E-state index is 12.0. The number of carbonyl (C=O) groups is 1. The van der Waals surface area contributed by atoms with Gasteiger partial charge in [0.1, 0.15) is 0 Å². The van der Waals surface area contributed by atoms with Gasteiger partial charge >= 0.3 is 0 Å². The summed E-state index contributed by atoms with van der Waals surface area (Å²) in [7, 11) is 8.51. The van der Waals surface area contributed by atoms with E-state index in [0.717, 1.165) is 11.1 Å². The molecule has 0 bridgehead atoms. The van der Waals surface area contributed by atoms with Crippen molar-refractivity contribution in [2.75, 3.05) is 41.9 Å². The molecule has 0 aromatic heterocycles. The van der Waals surface area contributed by atoms with Crippen LogP contribution >= 0.6 is 24.0 Å². The minimum Gasteiger partial charge on any atom is -0.493 e. The lowest BCUT2D eigenvalue weighted by molar-refractivity contribution is 0.0827. The normalized spacial score (nSPS) is 11.3. The second-order valence-corrected chi connectivity index (χ2v) is 8.13. The Morgan fingerprint density at radius 3 is 2.16 bits per heavy atom. The third-order valence-corrected chi connectivity index (χ3v) is 5.15. The highest BCUT2D eigenvalue weighted by Gasteiger charge is 2.22. The molecule has 2 aromatic carbocycles. The number of halogens is 1. The monoisotopic (exact) mass is 554 g/mol. The molecule has 2 aromatic rings. The SMILES string of the molecule is CN=C(NCc1ccc(C(=O)N(C)C)cc1)NCC(C)(C)c1ccc(OC)c(OC)c1.I. The summed E-state index contributed by atoms with van der Waals surface area (Å²) < 4.78 is 10.8. The fourth-order valence-corrected chi connectivity index (χ4v) is 3.09. The van der Waals surface area contributed by atoms with Crippen molar-refractivity contribution in [2.45, 2.75) is 25.8 Å². The minimum absolute atomic E-state index is 0. The van der Waals surface area contributed by atoms with Crippen molar-refractivity contribution in [1.29, 1.82) is 0 Å². The molecule has 2 rings (SSSR count). The predicted molar refractivity (Wildman–Crippen MR) is 141 cm³/mol. The third-order valence-electron chi connectivity index (χ3n) is 5.15. The highest BCUT2D eigenvalue weighted by molar-refractivity contribution is 14.0. The van der Waals surface area contributed by atoms with Crippen LogP contribution in [0.1, 0.15) is 35.3 Å². The van der Waals surface area contributed by atoms with E-state index < -0.39 is 0 Å². The molecule has 0 saturated heterocycles. The number of nitrogens with zero attached hydrogens (tertiary/aromatic N) is 2. The molecule has 2 N–H and O–H groups in total. The van der Waals surface area contributed by atoms with E-state index in [1.54, 1.807) is 40.3 Å². The first-order valence-corrected chi connectivity index (χ1v) is 10.2. The van der Waals surface area contributed by atoms with Crippen molar-refractivity contribution < 1.29 is 14.3 Å². The Kier molecular flexibility index (Phi) is 10.8. The number of hydrogen-bond donors (Lipinski definition) is 2. The Morgan fingerprint density at radius 2 is 1.62 bits per heavy atom. The predicted octanol–water partition coefficient (Wildman–Crippen LogP) is 3.67. The molecule has 7 nitrogen and oxygen atoms in total. The Bertz CT molecular complexity index is 912. The first-order chi connectivity index (χ1) is 14.7. The molecule has 0 heterocycles. The minimum atomic E-state index is -0.161. The van der Waals surface area contributed by atoms with Crippen LogP contribution < -0.4 is 20.1 Å². The lowest BCUT2D eigenvalue weighted by Gasteiger charge is -2.27. The first-order valence-electron chi connectivity index (χ1n) is 10.2. The average molecular weight is 554 g/mol. The zero-order valence-corrected chi connectivity index (χ0v) is 22.3. The van der Waals surface area contributed by atoms with E-state index >= 15 is 0 Å². The number of guanidine groups is 1. The topological polar surface area (TPSA) is 75.2 Å². The fraction of sp³-hybridized carbons (Fsp3) is 0.417. The Labute approximate surface area is 208 Å². The quantitative estimate of drug-likeness (QED) is 0.296. The molecule has 0 atom stereocenters. The largest absolute Gasteiger partial charge is 0.493 e. The molecule has 0 fully saturated rings. The molecule has 8 heteroatoms. The molecule has 32 heavy (non-hydrogen) atoms. The maximum atomic E-state index is 12.0. The maximum Gasteiger partial charge on any atom is 0.253 e.